The van der Waals surface area contributed by atoms with E-state index in [-0.39, 0.29) is 27.7 Å². The van der Waals surface area contributed by atoms with E-state index in [9.17, 15) is 23.5 Å². The third-order valence-corrected chi connectivity index (χ3v) is 4.47. The molecule has 0 aliphatic heterocycles. The maximum absolute atomic E-state index is 14.3. The molecule has 3 aromatic rings. The fourth-order valence-electron chi connectivity index (χ4n) is 2.71. The van der Waals surface area contributed by atoms with Crippen molar-refractivity contribution in [3.63, 3.8) is 0 Å². The molecule has 3 rings (SSSR count). The van der Waals surface area contributed by atoms with Crippen LogP contribution < -0.4 is 0 Å². The van der Waals surface area contributed by atoms with E-state index in [1.54, 1.807) is 0 Å². The van der Waals surface area contributed by atoms with Gasteiger partial charge in [-0.15, -0.1) is 11.3 Å². The van der Waals surface area contributed by atoms with Crippen LogP contribution >= 0.6 is 11.3 Å². The number of thiophene rings is 1. The second-order valence-electron chi connectivity index (χ2n) is 5.21. The molecule has 0 saturated heterocycles. The predicted molar refractivity (Wildman–Crippen MR) is 83.6 cm³/mol. The summed E-state index contributed by atoms with van der Waals surface area (Å²) in [6, 6.07) is 3.47. The molecule has 0 saturated carbocycles. The van der Waals surface area contributed by atoms with E-state index in [2.05, 4.69) is 0 Å². The van der Waals surface area contributed by atoms with Gasteiger partial charge in [-0.2, -0.15) is 4.39 Å². The number of aromatic nitrogens is 1. The summed E-state index contributed by atoms with van der Waals surface area (Å²) < 4.78 is 28.7. The number of hydrogen-bond donors (Lipinski definition) is 2. The van der Waals surface area contributed by atoms with Gasteiger partial charge in [-0.05, 0) is 30.7 Å². The minimum Gasteiger partial charge on any atom is -0.505 e. The molecule has 8 heteroatoms. The SMILES string of the molecule is Cc1c(CC(=O)O)c2c(F)c(O)ccc2n1C(=O)c1csc(F)c1. The Morgan fingerprint density at radius 2 is 2.00 bits per heavy atom. The van der Waals surface area contributed by atoms with Crippen molar-refractivity contribution in [2.24, 2.45) is 0 Å². The molecule has 5 nitrogen and oxygen atoms in total. The lowest BCUT2D eigenvalue weighted by atomic mass is 10.1. The first-order chi connectivity index (χ1) is 11.3. The van der Waals surface area contributed by atoms with Crippen LogP contribution in [0.5, 0.6) is 5.75 Å². The highest BCUT2D eigenvalue weighted by molar-refractivity contribution is 7.08. The van der Waals surface area contributed by atoms with Crippen molar-refractivity contribution in [2.75, 3.05) is 0 Å². The lowest BCUT2D eigenvalue weighted by molar-refractivity contribution is -0.136. The number of aromatic hydroxyl groups is 1. The maximum Gasteiger partial charge on any atom is 0.307 e. The fraction of sp³-hybridized carbons (Fsp3) is 0.125. The molecule has 24 heavy (non-hydrogen) atoms. The highest BCUT2D eigenvalue weighted by atomic mass is 32.1. The summed E-state index contributed by atoms with van der Waals surface area (Å²) in [5, 5.41) is 19.3. The number of rotatable bonds is 3. The molecule has 0 amide bonds. The van der Waals surface area contributed by atoms with Gasteiger partial charge in [0, 0.05) is 16.5 Å². The van der Waals surface area contributed by atoms with Crippen molar-refractivity contribution in [3.8, 4) is 5.75 Å². The number of carboxylic acids is 1. The number of fused-ring (bicyclic) bond motifs is 1. The van der Waals surface area contributed by atoms with Gasteiger partial charge in [0.25, 0.3) is 5.91 Å². The van der Waals surface area contributed by atoms with Gasteiger partial charge >= 0.3 is 5.97 Å². The lowest BCUT2D eigenvalue weighted by Gasteiger charge is -2.06. The second kappa shape index (κ2) is 5.72. The number of hydrogen-bond acceptors (Lipinski definition) is 4. The first kappa shape index (κ1) is 16.1. The van der Waals surface area contributed by atoms with Crippen LogP contribution in [0.15, 0.2) is 23.6 Å². The zero-order chi connectivity index (χ0) is 17.6. The van der Waals surface area contributed by atoms with Crippen LogP contribution in [0.3, 0.4) is 0 Å². The molecular formula is C16H11F2NO4S. The monoisotopic (exact) mass is 351 g/mol. The third-order valence-electron chi connectivity index (χ3n) is 3.76. The van der Waals surface area contributed by atoms with Crippen LogP contribution in [0, 0.1) is 17.9 Å². The summed E-state index contributed by atoms with van der Waals surface area (Å²) in [4.78, 5) is 23.7. The predicted octanol–water partition coefficient (Wildman–Crippen LogP) is 3.31. The number of phenolic OH excluding ortho intramolecular Hbond substituents is 1. The van der Waals surface area contributed by atoms with Gasteiger partial charge in [0.05, 0.1) is 17.5 Å². The summed E-state index contributed by atoms with van der Waals surface area (Å²) in [6.45, 7) is 1.48. The zero-order valence-corrected chi connectivity index (χ0v) is 13.2. The van der Waals surface area contributed by atoms with E-state index in [1.165, 1.54) is 18.4 Å². The van der Waals surface area contributed by atoms with Crippen LogP contribution in [0.25, 0.3) is 10.9 Å². The second-order valence-corrected chi connectivity index (χ2v) is 6.07. The van der Waals surface area contributed by atoms with Crippen molar-refractivity contribution >= 4 is 34.1 Å². The number of carbonyl (C=O) groups is 2. The molecule has 0 aliphatic rings. The Morgan fingerprint density at radius 1 is 1.29 bits per heavy atom. The fourth-order valence-corrected chi connectivity index (χ4v) is 3.31. The van der Waals surface area contributed by atoms with E-state index in [0.29, 0.717) is 0 Å². The lowest BCUT2D eigenvalue weighted by Crippen LogP contribution is -2.13. The Labute approximate surface area is 138 Å². The first-order valence-corrected chi connectivity index (χ1v) is 7.71. The topological polar surface area (TPSA) is 79.5 Å². The van der Waals surface area contributed by atoms with Gasteiger partial charge in [0.1, 0.15) is 0 Å². The Balaban J connectivity index is 2.32. The normalized spacial score (nSPS) is 11.1. The van der Waals surface area contributed by atoms with Gasteiger partial charge in [-0.25, -0.2) is 4.39 Å². The molecule has 124 valence electrons. The molecule has 0 aliphatic carbocycles. The molecule has 0 spiro atoms. The molecular weight excluding hydrogens is 340 g/mol. The maximum atomic E-state index is 14.3. The van der Waals surface area contributed by atoms with Gasteiger partial charge in [0.2, 0.25) is 0 Å². The van der Waals surface area contributed by atoms with Crippen molar-refractivity contribution in [1.82, 2.24) is 4.57 Å². The van der Waals surface area contributed by atoms with E-state index in [4.69, 9.17) is 5.11 Å². The van der Waals surface area contributed by atoms with Crippen LogP contribution in [-0.4, -0.2) is 26.7 Å². The molecule has 2 aromatic heterocycles. The Morgan fingerprint density at radius 3 is 2.58 bits per heavy atom. The van der Waals surface area contributed by atoms with Gasteiger partial charge in [-0.1, -0.05) is 0 Å². The van der Waals surface area contributed by atoms with Crippen molar-refractivity contribution < 1.29 is 28.6 Å². The van der Waals surface area contributed by atoms with Gasteiger partial charge in [-0.3, -0.25) is 14.2 Å². The van der Waals surface area contributed by atoms with Gasteiger partial charge in [0.15, 0.2) is 16.7 Å². The summed E-state index contributed by atoms with van der Waals surface area (Å²) in [5.74, 6) is -3.43. The first-order valence-electron chi connectivity index (χ1n) is 6.83. The van der Waals surface area contributed by atoms with Gasteiger partial charge < -0.3 is 10.2 Å². The molecule has 0 unspecified atom stereocenters. The third kappa shape index (κ3) is 2.44. The highest BCUT2D eigenvalue weighted by Gasteiger charge is 2.25. The molecule has 0 radical (unpaired) electrons. The summed E-state index contributed by atoms with van der Waals surface area (Å²) in [7, 11) is 0. The Kier molecular flexibility index (Phi) is 3.84. The average Bonchev–Trinajstić information content (AvgIpc) is 3.05. The van der Waals surface area contributed by atoms with Crippen LogP contribution in [0.2, 0.25) is 0 Å². The molecule has 0 fully saturated rings. The molecule has 1 aromatic carbocycles. The van der Waals surface area contributed by atoms with Crippen molar-refractivity contribution in [1.29, 1.82) is 0 Å². The average molecular weight is 351 g/mol. The standard InChI is InChI=1S/C16H11F2NO4S/c1-7-9(5-13(21)22)14-10(2-3-11(20)15(14)18)19(7)16(23)8-4-12(17)24-6-8/h2-4,6,20H,5H2,1H3,(H,21,22). The zero-order valence-electron chi connectivity index (χ0n) is 12.3. The molecule has 2 heterocycles. The van der Waals surface area contributed by atoms with E-state index >= 15 is 0 Å². The summed E-state index contributed by atoms with van der Waals surface area (Å²) in [6.07, 6.45) is -0.513. The minimum absolute atomic E-state index is 0.0767. The summed E-state index contributed by atoms with van der Waals surface area (Å²) >= 11 is 0.753. The number of carbonyl (C=O) groups excluding carboxylic acids is 1. The number of carboxylic acid groups (broad SMARTS) is 1. The van der Waals surface area contributed by atoms with Crippen LogP contribution in [-0.2, 0) is 11.2 Å². The van der Waals surface area contributed by atoms with Crippen LogP contribution in [0.1, 0.15) is 21.6 Å². The minimum atomic E-state index is -1.20. The van der Waals surface area contributed by atoms with E-state index in [1.807, 2.05) is 0 Å². The Hall–Kier alpha value is -2.74. The molecule has 2 N–H and O–H groups in total. The number of phenols is 1. The Bertz CT molecular complexity index is 990. The van der Waals surface area contributed by atoms with E-state index in [0.717, 1.165) is 28.0 Å². The van der Waals surface area contributed by atoms with Crippen LogP contribution in [0.4, 0.5) is 8.78 Å². The largest absolute Gasteiger partial charge is 0.505 e. The molecule has 0 bridgehead atoms. The molecule has 0 atom stereocenters. The quantitative estimate of drug-likeness (QED) is 0.759. The number of aliphatic carboxylic acids is 1. The smallest absolute Gasteiger partial charge is 0.307 e. The van der Waals surface area contributed by atoms with E-state index < -0.39 is 35.0 Å². The van der Waals surface area contributed by atoms with Crippen molar-refractivity contribution in [2.45, 2.75) is 13.3 Å². The summed E-state index contributed by atoms with van der Waals surface area (Å²) in [5.41, 5.74) is 0.520. The number of benzene rings is 1. The highest BCUT2D eigenvalue weighted by Crippen LogP contribution is 2.33. The number of halogens is 2. The van der Waals surface area contributed by atoms with Crippen molar-refractivity contribution in [3.05, 3.63) is 51.3 Å². The number of nitrogens with zero attached hydrogens (tertiary/aromatic N) is 1.